The lowest BCUT2D eigenvalue weighted by Crippen LogP contribution is -1.84. The van der Waals surface area contributed by atoms with Crippen LogP contribution < -0.4 is 0 Å². The van der Waals surface area contributed by atoms with Crippen LogP contribution in [0.4, 0.5) is 0 Å². The van der Waals surface area contributed by atoms with Crippen LogP contribution in [0, 0.1) is 0 Å². The van der Waals surface area contributed by atoms with Crippen molar-refractivity contribution >= 4 is 0 Å². The quantitative estimate of drug-likeness (QED) is 0.0485. The summed E-state index contributed by atoms with van der Waals surface area (Å²) in [6, 6.07) is 0. The monoisotopic (exact) mass is 603 g/mol. The van der Waals surface area contributed by atoms with Crippen LogP contribution in [-0.4, -0.2) is 0 Å². The SMILES string of the molecule is CCCCCCCCCCCCCC/C=C\CCCCCCCCCCCCCCCCCCCCCCCCCCC. The molecule has 0 heteroatoms. The van der Waals surface area contributed by atoms with Crippen molar-refractivity contribution in [3.8, 4) is 0 Å². The number of unbranched alkanes of at least 4 members (excludes halogenated alkanes) is 37. The zero-order valence-corrected chi connectivity index (χ0v) is 30.7. The minimum Gasteiger partial charge on any atom is -0.0885 e. The molecule has 0 aliphatic rings. The Kier molecular flexibility index (Phi) is 41.5. The third-order valence-electron chi connectivity index (χ3n) is 9.87. The molecule has 0 radical (unpaired) electrons. The lowest BCUT2D eigenvalue weighted by molar-refractivity contribution is 0.516. The summed E-state index contributed by atoms with van der Waals surface area (Å²) in [6.07, 6.45) is 61.9. The topological polar surface area (TPSA) is 0 Å². The first-order valence-corrected chi connectivity index (χ1v) is 21.1. The third-order valence-corrected chi connectivity index (χ3v) is 9.87. The standard InChI is InChI=1S/C43H86/c1-3-5-7-9-11-13-15-17-19-21-23-25-27-29-31-33-35-37-39-41-43-42-40-38-36-34-32-30-28-26-24-22-20-18-16-14-12-10-8-6-4-2/h29,31H,3-28,30,32-43H2,1-2H3/b31-29-. The van der Waals surface area contributed by atoms with Crippen LogP contribution in [0.5, 0.6) is 0 Å². The van der Waals surface area contributed by atoms with E-state index < -0.39 is 0 Å². The second kappa shape index (κ2) is 41.7. The van der Waals surface area contributed by atoms with Crippen molar-refractivity contribution in [1.82, 2.24) is 0 Å². The van der Waals surface area contributed by atoms with E-state index in [2.05, 4.69) is 26.0 Å². The molecule has 0 amide bonds. The van der Waals surface area contributed by atoms with Gasteiger partial charge in [0.1, 0.15) is 0 Å². The van der Waals surface area contributed by atoms with Crippen molar-refractivity contribution in [2.24, 2.45) is 0 Å². The molecule has 0 heterocycles. The van der Waals surface area contributed by atoms with E-state index in [1.807, 2.05) is 0 Å². The smallest absolute Gasteiger partial charge is 0.0351 e. The predicted molar refractivity (Wildman–Crippen MR) is 201 cm³/mol. The van der Waals surface area contributed by atoms with Gasteiger partial charge in [0, 0.05) is 0 Å². The first kappa shape index (κ1) is 42.7. The average molecular weight is 603 g/mol. The van der Waals surface area contributed by atoms with Crippen molar-refractivity contribution < 1.29 is 0 Å². The maximum absolute atomic E-state index is 2.47. The molecule has 0 bridgehead atoms. The Bertz CT molecular complexity index is 476. The molecule has 0 unspecified atom stereocenters. The van der Waals surface area contributed by atoms with Crippen LogP contribution in [0.25, 0.3) is 0 Å². The molecule has 0 aromatic carbocycles. The predicted octanol–water partition coefficient (Wildman–Crippen LogP) is 16.8. The summed E-state index contributed by atoms with van der Waals surface area (Å²) in [6.45, 7) is 4.62. The molecular formula is C43H86. The molecule has 0 N–H and O–H groups in total. The normalized spacial score (nSPS) is 11.8. The maximum atomic E-state index is 2.47. The highest BCUT2D eigenvalue weighted by Gasteiger charge is 1.97. The fourth-order valence-electron chi connectivity index (χ4n) is 6.74. The Morgan fingerprint density at radius 3 is 0.488 bits per heavy atom. The molecule has 0 fully saturated rings. The van der Waals surface area contributed by atoms with Gasteiger partial charge in [-0.2, -0.15) is 0 Å². The number of rotatable bonds is 39. The summed E-state index contributed by atoms with van der Waals surface area (Å²) < 4.78 is 0. The molecule has 0 rings (SSSR count). The number of hydrogen-bond donors (Lipinski definition) is 0. The molecule has 258 valence electrons. The van der Waals surface area contributed by atoms with Crippen LogP contribution in [0.15, 0.2) is 12.2 Å². The van der Waals surface area contributed by atoms with Crippen molar-refractivity contribution in [3.05, 3.63) is 12.2 Å². The minimum absolute atomic E-state index is 1.32. The van der Waals surface area contributed by atoms with Gasteiger partial charge in [-0.15, -0.1) is 0 Å². The van der Waals surface area contributed by atoms with E-state index in [0.717, 1.165) is 0 Å². The van der Waals surface area contributed by atoms with E-state index in [-0.39, 0.29) is 0 Å². The minimum atomic E-state index is 1.32. The van der Waals surface area contributed by atoms with Gasteiger partial charge in [0.05, 0.1) is 0 Å². The first-order valence-electron chi connectivity index (χ1n) is 21.1. The molecule has 0 aliphatic carbocycles. The van der Waals surface area contributed by atoms with Gasteiger partial charge in [0.15, 0.2) is 0 Å². The van der Waals surface area contributed by atoms with Gasteiger partial charge in [-0.25, -0.2) is 0 Å². The second-order valence-corrected chi connectivity index (χ2v) is 14.4. The van der Waals surface area contributed by atoms with Crippen LogP contribution in [0.2, 0.25) is 0 Å². The summed E-state index contributed by atoms with van der Waals surface area (Å²) in [5.41, 5.74) is 0. The van der Waals surface area contributed by atoms with Gasteiger partial charge < -0.3 is 0 Å². The summed E-state index contributed by atoms with van der Waals surface area (Å²) in [4.78, 5) is 0. The van der Waals surface area contributed by atoms with E-state index in [1.54, 1.807) is 0 Å². The summed E-state index contributed by atoms with van der Waals surface area (Å²) in [5.74, 6) is 0. The fraction of sp³-hybridized carbons (Fsp3) is 0.953. The Balaban J connectivity index is 3.07. The Hall–Kier alpha value is -0.260. The van der Waals surface area contributed by atoms with Gasteiger partial charge in [0.25, 0.3) is 0 Å². The molecule has 0 atom stereocenters. The molecule has 0 aliphatic heterocycles. The third kappa shape index (κ3) is 41.7. The van der Waals surface area contributed by atoms with Crippen molar-refractivity contribution in [2.75, 3.05) is 0 Å². The first-order chi connectivity index (χ1) is 21.4. The van der Waals surface area contributed by atoms with E-state index >= 15 is 0 Å². The van der Waals surface area contributed by atoms with Gasteiger partial charge in [-0.1, -0.05) is 251 Å². The lowest BCUT2D eigenvalue weighted by atomic mass is 10.0. The Labute approximate surface area is 275 Å². The number of allylic oxidation sites excluding steroid dienone is 2. The van der Waals surface area contributed by atoms with Gasteiger partial charge in [0.2, 0.25) is 0 Å². The van der Waals surface area contributed by atoms with Crippen molar-refractivity contribution in [2.45, 2.75) is 264 Å². The highest BCUT2D eigenvalue weighted by molar-refractivity contribution is 4.81. The van der Waals surface area contributed by atoms with Crippen LogP contribution in [0.3, 0.4) is 0 Å². The van der Waals surface area contributed by atoms with Crippen LogP contribution in [-0.2, 0) is 0 Å². The second-order valence-electron chi connectivity index (χ2n) is 14.4. The largest absolute Gasteiger partial charge is 0.0885 e. The van der Waals surface area contributed by atoms with Crippen LogP contribution in [0.1, 0.15) is 264 Å². The van der Waals surface area contributed by atoms with E-state index in [0.29, 0.717) is 0 Å². The fourth-order valence-corrected chi connectivity index (χ4v) is 6.74. The molecular weight excluding hydrogens is 516 g/mol. The zero-order chi connectivity index (χ0) is 31.0. The van der Waals surface area contributed by atoms with E-state index in [4.69, 9.17) is 0 Å². The summed E-state index contributed by atoms with van der Waals surface area (Å²) in [5, 5.41) is 0. The number of hydrogen-bond acceptors (Lipinski definition) is 0. The molecule has 0 spiro atoms. The summed E-state index contributed by atoms with van der Waals surface area (Å²) >= 11 is 0. The van der Waals surface area contributed by atoms with Gasteiger partial charge in [-0.3, -0.25) is 0 Å². The zero-order valence-electron chi connectivity index (χ0n) is 30.7. The molecule has 0 saturated carbocycles. The average Bonchev–Trinajstić information content (AvgIpc) is 3.02. The molecule has 43 heavy (non-hydrogen) atoms. The van der Waals surface area contributed by atoms with Crippen molar-refractivity contribution in [1.29, 1.82) is 0 Å². The van der Waals surface area contributed by atoms with Gasteiger partial charge >= 0.3 is 0 Å². The van der Waals surface area contributed by atoms with E-state index in [9.17, 15) is 0 Å². The molecule has 0 aromatic rings. The lowest BCUT2D eigenvalue weighted by Gasteiger charge is -2.04. The Morgan fingerprint density at radius 2 is 0.326 bits per heavy atom. The molecule has 0 saturated heterocycles. The Morgan fingerprint density at radius 1 is 0.186 bits per heavy atom. The molecule has 0 aromatic heterocycles. The van der Waals surface area contributed by atoms with Crippen LogP contribution >= 0.6 is 0 Å². The highest BCUT2D eigenvalue weighted by atomic mass is 14.0. The highest BCUT2D eigenvalue weighted by Crippen LogP contribution is 2.17. The van der Waals surface area contributed by atoms with E-state index in [1.165, 1.54) is 250 Å². The van der Waals surface area contributed by atoms with Gasteiger partial charge in [-0.05, 0) is 25.7 Å². The molecule has 0 nitrogen and oxygen atoms in total. The summed E-state index contributed by atoms with van der Waals surface area (Å²) in [7, 11) is 0. The van der Waals surface area contributed by atoms with Crippen molar-refractivity contribution in [3.63, 3.8) is 0 Å². The maximum Gasteiger partial charge on any atom is -0.0351 e.